The number of hydrogen-bond donors (Lipinski definition) is 2. The molecule has 0 saturated heterocycles. The van der Waals surface area contributed by atoms with Crippen LogP contribution in [0.25, 0.3) is 0 Å². The molecule has 0 aliphatic carbocycles. The highest BCUT2D eigenvalue weighted by Gasteiger charge is 2.11. The molecule has 1 rings (SSSR count). The van der Waals surface area contributed by atoms with Crippen molar-refractivity contribution >= 4 is 5.91 Å². The van der Waals surface area contributed by atoms with Gasteiger partial charge in [-0.25, -0.2) is 5.84 Å². The average Bonchev–Trinajstić information content (AvgIpc) is 2.23. The van der Waals surface area contributed by atoms with E-state index in [4.69, 9.17) is 5.84 Å². The van der Waals surface area contributed by atoms with Crippen molar-refractivity contribution in [3.63, 3.8) is 0 Å². The summed E-state index contributed by atoms with van der Waals surface area (Å²) in [7, 11) is 0. The van der Waals surface area contributed by atoms with Gasteiger partial charge in [0.1, 0.15) is 5.56 Å². The first-order chi connectivity index (χ1) is 7.11. The Balaban J connectivity index is 3.28. The highest BCUT2D eigenvalue weighted by Crippen LogP contribution is 1.99. The Morgan fingerprint density at radius 2 is 2.20 bits per heavy atom. The maximum atomic E-state index is 11.8. The number of aryl methyl sites for hydroxylation is 1. The summed E-state index contributed by atoms with van der Waals surface area (Å²) in [4.78, 5) is 23.1. The molecule has 1 aromatic heterocycles. The molecule has 0 aromatic carbocycles. The van der Waals surface area contributed by atoms with Crippen molar-refractivity contribution in [2.75, 3.05) is 0 Å². The second kappa shape index (κ2) is 4.75. The first-order valence-corrected chi connectivity index (χ1v) is 4.83. The summed E-state index contributed by atoms with van der Waals surface area (Å²) in [6.07, 6.45) is 0.842. The summed E-state index contributed by atoms with van der Waals surface area (Å²) in [6, 6.07) is 3.23. The normalized spacial score (nSPS) is 10.1. The summed E-state index contributed by atoms with van der Waals surface area (Å²) in [5.74, 6) is 4.44. The lowest BCUT2D eigenvalue weighted by atomic mass is 10.2. The summed E-state index contributed by atoms with van der Waals surface area (Å²) >= 11 is 0. The lowest BCUT2D eigenvalue weighted by Gasteiger charge is -2.09. The smallest absolute Gasteiger partial charge is 0.270 e. The molecule has 0 aliphatic heterocycles. The van der Waals surface area contributed by atoms with E-state index in [1.807, 2.05) is 19.3 Å². The third-order valence-corrected chi connectivity index (χ3v) is 2.22. The van der Waals surface area contributed by atoms with Crippen LogP contribution in [-0.2, 0) is 6.54 Å². The van der Waals surface area contributed by atoms with Gasteiger partial charge in [-0.1, -0.05) is 6.92 Å². The average molecular weight is 209 g/mol. The van der Waals surface area contributed by atoms with Gasteiger partial charge in [0.25, 0.3) is 11.5 Å². The van der Waals surface area contributed by atoms with Crippen LogP contribution in [0.3, 0.4) is 0 Å². The lowest BCUT2D eigenvalue weighted by molar-refractivity contribution is 0.0951. The number of nitrogens with two attached hydrogens (primary N) is 1. The Bertz CT molecular complexity index is 423. The van der Waals surface area contributed by atoms with Gasteiger partial charge in [-0.3, -0.25) is 15.0 Å². The lowest BCUT2D eigenvalue weighted by Crippen LogP contribution is -2.37. The number of aromatic nitrogens is 1. The van der Waals surface area contributed by atoms with Crippen molar-refractivity contribution in [2.45, 2.75) is 26.8 Å². The Hall–Kier alpha value is -1.62. The Labute approximate surface area is 87.9 Å². The number of amides is 1. The molecule has 15 heavy (non-hydrogen) atoms. The molecule has 0 fully saturated rings. The van der Waals surface area contributed by atoms with Crippen LogP contribution in [-0.4, -0.2) is 10.5 Å². The van der Waals surface area contributed by atoms with Crippen molar-refractivity contribution in [3.8, 4) is 0 Å². The maximum absolute atomic E-state index is 11.8. The highest BCUT2D eigenvalue weighted by molar-refractivity contribution is 5.93. The molecule has 5 nitrogen and oxygen atoms in total. The standard InChI is InChI=1S/C10H15N3O2/c1-3-6-13-7(2)4-5-8(10(13)15)9(14)12-11/h4-5H,3,6,11H2,1-2H3,(H,12,14). The van der Waals surface area contributed by atoms with Crippen molar-refractivity contribution < 1.29 is 4.79 Å². The van der Waals surface area contributed by atoms with Crippen LogP contribution in [0.5, 0.6) is 0 Å². The SMILES string of the molecule is CCCn1c(C)ccc(C(=O)NN)c1=O. The highest BCUT2D eigenvalue weighted by atomic mass is 16.2. The van der Waals surface area contributed by atoms with Crippen LogP contribution in [0.15, 0.2) is 16.9 Å². The summed E-state index contributed by atoms with van der Waals surface area (Å²) in [5.41, 5.74) is 2.59. The fourth-order valence-corrected chi connectivity index (χ4v) is 1.42. The molecular weight excluding hydrogens is 194 g/mol. The molecule has 0 aliphatic rings. The van der Waals surface area contributed by atoms with E-state index in [0.29, 0.717) is 6.54 Å². The van der Waals surface area contributed by atoms with Crippen LogP contribution in [0.2, 0.25) is 0 Å². The van der Waals surface area contributed by atoms with Crippen LogP contribution in [0.4, 0.5) is 0 Å². The number of hydrogen-bond acceptors (Lipinski definition) is 3. The van der Waals surface area contributed by atoms with Crippen molar-refractivity contribution in [1.29, 1.82) is 0 Å². The zero-order chi connectivity index (χ0) is 11.4. The van der Waals surface area contributed by atoms with Crippen LogP contribution in [0.1, 0.15) is 29.4 Å². The first kappa shape index (κ1) is 11.5. The number of pyridine rings is 1. The predicted molar refractivity (Wildman–Crippen MR) is 57.4 cm³/mol. The molecule has 5 heteroatoms. The Morgan fingerprint density at radius 1 is 1.53 bits per heavy atom. The van der Waals surface area contributed by atoms with Crippen molar-refractivity contribution in [2.24, 2.45) is 5.84 Å². The number of hydrazine groups is 1. The summed E-state index contributed by atoms with van der Waals surface area (Å²) < 4.78 is 1.57. The van der Waals surface area contributed by atoms with Gasteiger partial charge >= 0.3 is 0 Å². The molecule has 0 unspecified atom stereocenters. The Morgan fingerprint density at radius 3 is 2.73 bits per heavy atom. The number of carbonyl (C=O) groups is 1. The van der Waals surface area contributed by atoms with Crippen LogP contribution >= 0.6 is 0 Å². The van der Waals surface area contributed by atoms with E-state index in [0.717, 1.165) is 12.1 Å². The number of nitrogen functional groups attached to an aromatic ring is 1. The minimum absolute atomic E-state index is 0.0801. The second-order valence-corrected chi connectivity index (χ2v) is 3.32. The number of rotatable bonds is 3. The van der Waals surface area contributed by atoms with Crippen molar-refractivity contribution in [1.82, 2.24) is 9.99 Å². The molecule has 3 N–H and O–H groups in total. The summed E-state index contributed by atoms with van der Waals surface area (Å²) in [5, 5.41) is 0. The molecule has 0 bridgehead atoms. The van der Waals surface area contributed by atoms with E-state index >= 15 is 0 Å². The van der Waals surface area contributed by atoms with E-state index in [1.54, 1.807) is 10.6 Å². The van der Waals surface area contributed by atoms with Gasteiger partial charge in [0.05, 0.1) is 0 Å². The zero-order valence-electron chi connectivity index (χ0n) is 8.91. The van der Waals surface area contributed by atoms with Crippen LogP contribution in [0, 0.1) is 6.92 Å². The molecule has 0 atom stereocenters. The number of carbonyl (C=O) groups excluding carboxylic acids is 1. The molecule has 0 saturated carbocycles. The third-order valence-electron chi connectivity index (χ3n) is 2.22. The quantitative estimate of drug-likeness (QED) is 0.423. The van der Waals surface area contributed by atoms with Crippen molar-refractivity contribution in [3.05, 3.63) is 33.7 Å². The van der Waals surface area contributed by atoms with E-state index in [9.17, 15) is 9.59 Å². The predicted octanol–water partition coefficient (Wildman–Crippen LogP) is 0.170. The first-order valence-electron chi connectivity index (χ1n) is 4.83. The largest absolute Gasteiger partial charge is 0.312 e. The van der Waals surface area contributed by atoms with E-state index < -0.39 is 5.91 Å². The van der Waals surface area contributed by atoms with E-state index in [2.05, 4.69) is 0 Å². The van der Waals surface area contributed by atoms with E-state index in [1.165, 1.54) is 6.07 Å². The van der Waals surface area contributed by atoms with Gasteiger partial charge in [0.2, 0.25) is 0 Å². The van der Waals surface area contributed by atoms with Gasteiger partial charge in [-0.2, -0.15) is 0 Å². The molecule has 82 valence electrons. The second-order valence-electron chi connectivity index (χ2n) is 3.32. The molecule has 1 amide bonds. The van der Waals surface area contributed by atoms with Crippen LogP contribution < -0.4 is 16.8 Å². The molecule has 1 heterocycles. The summed E-state index contributed by atoms with van der Waals surface area (Å²) in [6.45, 7) is 4.42. The Kier molecular flexibility index (Phi) is 3.62. The molecule has 0 spiro atoms. The number of nitrogens with one attached hydrogen (secondary N) is 1. The monoisotopic (exact) mass is 209 g/mol. The minimum atomic E-state index is -0.551. The van der Waals surface area contributed by atoms with Gasteiger partial charge in [0.15, 0.2) is 0 Å². The van der Waals surface area contributed by atoms with Gasteiger partial charge in [0, 0.05) is 12.2 Å². The molecule has 0 radical (unpaired) electrons. The third kappa shape index (κ3) is 2.24. The maximum Gasteiger partial charge on any atom is 0.270 e. The fourth-order valence-electron chi connectivity index (χ4n) is 1.42. The van der Waals surface area contributed by atoms with Gasteiger partial charge < -0.3 is 4.57 Å². The zero-order valence-corrected chi connectivity index (χ0v) is 8.91. The fraction of sp³-hybridized carbons (Fsp3) is 0.400. The number of nitrogens with zero attached hydrogens (tertiary/aromatic N) is 1. The minimum Gasteiger partial charge on any atom is -0.312 e. The van der Waals surface area contributed by atoms with Gasteiger partial charge in [-0.05, 0) is 25.5 Å². The topological polar surface area (TPSA) is 77.1 Å². The molecular formula is C10H15N3O2. The molecule has 1 aromatic rings. The van der Waals surface area contributed by atoms with E-state index in [-0.39, 0.29) is 11.1 Å². The van der Waals surface area contributed by atoms with Gasteiger partial charge in [-0.15, -0.1) is 0 Å².